The monoisotopic (exact) mass is 228 g/mol. The van der Waals surface area contributed by atoms with Crippen molar-refractivity contribution in [1.82, 2.24) is 9.97 Å². The highest BCUT2D eigenvalue weighted by Gasteiger charge is 2.13. The van der Waals surface area contributed by atoms with E-state index >= 15 is 0 Å². The lowest BCUT2D eigenvalue weighted by Gasteiger charge is -2.09. The molecule has 0 bridgehead atoms. The molecule has 4 N–H and O–H groups in total. The highest BCUT2D eigenvalue weighted by molar-refractivity contribution is 7.98. The van der Waals surface area contributed by atoms with Crippen molar-refractivity contribution in [3.63, 3.8) is 0 Å². The first-order valence-electron chi connectivity index (χ1n) is 4.70. The minimum absolute atomic E-state index is 0.196. The molecular formula is C9H16N4OS. The van der Waals surface area contributed by atoms with Crippen LogP contribution in [0.2, 0.25) is 0 Å². The third-order valence-corrected chi connectivity index (χ3v) is 2.56. The number of amides is 1. The van der Waals surface area contributed by atoms with Gasteiger partial charge in [0, 0.05) is 11.9 Å². The molecule has 5 nitrogen and oxygen atoms in total. The molecule has 15 heavy (non-hydrogen) atoms. The van der Waals surface area contributed by atoms with Crippen LogP contribution in [-0.2, 0) is 4.79 Å². The van der Waals surface area contributed by atoms with Gasteiger partial charge < -0.3 is 10.7 Å². The highest BCUT2D eigenvalue weighted by atomic mass is 32.2. The molecule has 1 aromatic rings. The third kappa shape index (κ3) is 3.93. The van der Waals surface area contributed by atoms with E-state index in [0.717, 1.165) is 11.4 Å². The Balaban J connectivity index is 2.41. The topological polar surface area (TPSA) is 83.8 Å². The highest BCUT2D eigenvalue weighted by Crippen LogP contribution is 2.03. The molecule has 1 aromatic heterocycles. The molecule has 84 valence electrons. The first-order valence-corrected chi connectivity index (χ1v) is 6.10. The van der Waals surface area contributed by atoms with Crippen LogP contribution in [0.5, 0.6) is 0 Å². The zero-order valence-electron chi connectivity index (χ0n) is 8.91. The van der Waals surface area contributed by atoms with Crippen molar-refractivity contribution in [1.29, 1.82) is 0 Å². The molecule has 0 aromatic carbocycles. The summed E-state index contributed by atoms with van der Waals surface area (Å²) in [4.78, 5) is 18.4. The van der Waals surface area contributed by atoms with Gasteiger partial charge in [0.1, 0.15) is 0 Å². The molecule has 1 rings (SSSR count). The van der Waals surface area contributed by atoms with E-state index in [1.54, 1.807) is 18.0 Å². The van der Waals surface area contributed by atoms with Crippen LogP contribution < -0.4 is 11.1 Å². The number of aromatic amines is 1. The van der Waals surface area contributed by atoms with Crippen LogP contribution in [0.15, 0.2) is 6.20 Å². The van der Waals surface area contributed by atoms with Gasteiger partial charge in [-0.25, -0.2) is 4.98 Å². The van der Waals surface area contributed by atoms with Crippen molar-refractivity contribution in [3.8, 4) is 0 Å². The molecule has 6 heteroatoms. The Labute approximate surface area is 93.2 Å². The van der Waals surface area contributed by atoms with Gasteiger partial charge in [-0.15, -0.1) is 0 Å². The molecule has 1 amide bonds. The normalized spacial score (nSPS) is 12.5. The van der Waals surface area contributed by atoms with Crippen LogP contribution in [-0.4, -0.2) is 33.9 Å². The van der Waals surface area contributed by atoms with Crippen molar-refractivity contribution < 1.29 is 4.79 Å². The van der Waals surface area contributed by atoms with E-state index in [4.69, 9.17) is 5.73 Å². The van der Waals surface area contributed by atoms with Gasteiger partial charge in [-0.1, -0.05) is 0 Å². The molecule has 0 unspecified atom stereocenters. The van der Waals surface area contributed by atoms with E-state index in [1.807, 2.05) is 13.2 Å². The molecule has 0 saturated carbocycles. The first kappa shape index (κ1) is 12.1. The van der Waals surface area contributed by atoms with Gasteiger partial charge in [-0.05, 0) is 25.4 Å². The lowest BCUT2D eigenvalue weighted by atomic mass is 10.2. The fourth-order valence-electron chi connectivity index (χ4n) is 1.06. The van der Waals surface area contributed by atoms with Crippen LogP contribution >= 0.6 is 11.8 Å². The number of aryl methyl sites for hydroxylation is 1. The number of nitrogens with zero attached hydrogens (tertiary/aromatic N) is 1. The Morgan fingerprint density at radius 1 is 1.80 bits per heavy atom. The standard InChI is InChI=1S/C9H16N4OS/c1-6-5-11-9(12-6)13-8(14)7(10)3-4-15-2/h5,7H,3-4,10H2,1-2H3,(H2,11,12,13,14)/t7-/m0/s1. The second-order valence-electron chi connectivity index (χ2n) is 3.29. The zero-order valence-corrected chi connectivity index (χ0v) is 9.73. The predicted octanol–water partition coefficient (Wildman–Crippen LogP) is 0.737. The summed E-state index contributed by atoms with van der Waals surface area (Å²) in [5.74, 6) is 1.14. The predicted molar refractivity (Wildman–Crippen MR) is 62.9 cm³/mol. The lowest BCUT2D eigenvalue weighted by molar-refractivity contribution is -0.117. The number of nitrogens with two attached hydrogens (primary N) is 1. The van der Waals surface area contributed by atoms with Gasteiger partial charge in [0.05, 0.1) is 6.04 Å². The quantitative estimate of drug-likeness (QED) is 0.694. The second kappa shape index (κ2) is 5.77. The smallest absolute Gasteiger partial charge is 0.243 e. The number of carbonyl (C=O) groups is 1. The summed E-state index contributed by atoms with van der Waals surface area (Å²) in [6.45, 7) is 1.87. The van der Waals surface area contributed by atoms with E-state index in [9.17, 15) is 4.79 Å². The summed E-state index contributed by atoms with van der Waals surface area (Å²) in [6.07, 6.45) is 4.32. The van der Waals surface area contributed by atoms with Gasteiger partial charge in [0.15, 0.2) is 0 Å². The number of hydrogen-bond donors (Lipinski definition) is 3. The van der Waals surface area contributed by atoms with E-state index in [1.165, 1.54) is 0 Å². The third-order valence-electron chi connectivity index (χ3n) is 1.91. The first-order chi connectivity index (χ1) is 7.13. The number of thioether (sulfide) groups is 1. The number of imidazole rings is 1. The average Bonchev–Trinajstić information content (AvgIpc) is 2.60. The fourth-order valence-corrected chi connectivity index (χ4v) is 1.55. The number of H-pyrrole nitrogens is 1. The molecule has 0 saturated heterocycles. The molecular weight excluding hydrogens is 212 g/mol. The maximum absolute atomic E-state index is 11.5. The Bertz CT molecular complexity index is 326. The van der Waals surface area contributed by atoms with E-state index < -0.39 is 6.04 Å². The maximum Gasteiger partial charge on any atom is 0.243 e. The van der Waals surface area contributed by atoms with Crippen LogP contribution in [0.3, 0.4) is 0 Å². The van der Waals surface area contributed by atoms with E-state index in [-0.39, 0.29) is 5.91 Å². The number of aromatic nitrogens is 2. The van der Waals surface area contributed by atoms with Crippen LogP contribution in [0.4, 0.5) is 5.95 Å². The van der Waals surface area contributed by atoms with Gasteiger partial charge in [-0.3, -0.25) is 10.1 Å². The minimum atomic E-state index is -0.470. The Hall–Kier alpha value is -1.01. The van der Waals surface area contributed by atoms with Crippen molar-refractivity contribution in [2.24, 2.45) is 5.73 Å². The summed E-state index contributed by atoms with van der Waals surface area (Å²) in [5, 5.41) is 2.63. The number of anilines is 1. The van der Waals surface area contributed by atoms with Crippen LogP contribution in [0.1, 0.15) is 12.1 Å². The number of rotatable bonds is 5. The van der Waals surface area contributed by atoms with Crippen LogP contribution in [0.25, 0.3) is 0 Å². The Morgan fingerprint density at radius 3 is 3.07 bits per heavy atom. The molecule has 0 spiro atoms. The molecule has 1 atom stereocenters. The maximum atomic E-state index is 11.5. The zero-order chi connectivity index (χ0) is 11.3. The van der Waals surface area contributed by atoms with Gasteiger partial charge >= 0.3 is 0 Å². The second-order valence-corrected chi connectivity index (χ2v) is 4.28. The lowest BCUT2D eigenvalue weighted by Crippen LogP contribution is -2.36. The number of hydrogen-bond acceptors (Lipinski definition) is 4. The summed E-state index contributed by atoms with van der Waals surface area (Å²) in [5.41, 5.74) is 6.60. The van der Waals surface area contributed by atoms with Crippen molar-refractivity contribution in [3.05, 3.63) is 11.9 Å². The van der Waals surface area contributed by atoms with Gasteiger partial charge in [0.2, 0.25) is 11.9 Å². The Morgan fingerprint density at radius 2 is 2.53 bits per heavy atom. The SMILES string of the molecule is CSCC[C@H](N)C(=O)Nc1ncc(C)[nH]1. The fraction of sp³-hybridized carbons (Fsp3) is 0.556. The molecule has 0 aliphatic carbocycles. The van der Waals surface area contributed by atoms with Crippen molar-refractivity contribution in [2.45, 2.75) is 19.4 Å². The Kier molecular flexibility index (Phi) is 4.64. The minimum Gasteiger partial charge on any atom is -0.328 e. The average molecular weight is 228 g/mol. The summed E-state index contributed by atoms with van der Waals surface area (Å²) in [7, 11) is 0. The van der Waals surface area contributed by atoms with Gasteiger partial charge in [0.25, 0.3) is 0 Å². The molecule has 1 heterocycles. The van der Waals surface area contributed by atoms with Gasteiger partial charge in [-0.2, -0.15) is 11.8 Å². The van der Waals surface area contributed by atoms with Crippen molar-refractivity contribution in [2.75, 3.05) is 17.3 Å². The number of carbonyl (C=O) groups excluding carboxylic acids is 1. The van der Waals surface area contributed by atoms with E-state index in [0.29, 0.717) is 12.4 Å². The molecule has 0 radical (unpaired) electrons. The number of nitrogens with one attached hydrogen (secondary N) is 2. The molecule has 0 aliphatic rings. The van der Waals surface area contributed by atoms with Crippen LogP contribution in [0, 0.1) is 6.92 Å². The van der Waals surface area contributed by atoms with Crippen molar-refractivity contribution >= 4 is 23.6 Å². The molecule has 0 fully saturated rings. The summed E-state index contributed by atoms with van der Waals surface area (Å²) < 4.78 is 0. The largest absolute Gasteiger partial charge is 0.328 e. The summed E-state index contributed by atoms with van der Waals surface area (Å²) >= 11 is 1.67. The van der Waals surface area contributed by atoms with E-state index in [2.05, 4.69) is 15.3 Å². The summed E-state index contributed by atoms with van der Waals surface area (Å²) in [6, 6.07) is -0.470. The molecule has 0 aliphatic heterocycles.